The van der Waals surface area contributed by atoms with E-state index in [-0.39, 0.29) is 19.0 Å². The van der Waals surface area contributed by atoms with Crippen molar-refractivity contribution in [3.05, 3.63) is 71.8 Å². The van der Waals surface area contributed by atoms with Gasteiger partial charge in [-0.25, -0.2) is 13.8 Å². The third-order valence-electron chi connectivity index (χ3n) is 7.78. The third-order valence-corrected chi connectivity index (χ3v) is 7.78. The molecule has 4 aromatic rings. The Morgan fingerprint density at radius 2 is 1.95 bits per heavy atom. The molecule has 10 heteroatoms. The van der Waals surface area contributed by atoms with E-state index in [0.29, 0.717) is 25.3 Å². The number of halogens is 2. The zero-order valence-corrected chi connectivity index (χ0v) is 21.8. The van der Waals surface area contributed by atoms with Crippen molar-refractivity contribution in [3.8, 4) is 5.75 Å². The number of imidazole rings is 1. The summed E-state index contributed by atoms with van der Waals surface area (Å²) in [4.78, 5) is 18.8. The molecule has 1 saturated carbocycles. The first kappa shape index (κ1) is 25.3. The van der Waals surface area contributed by atoms with E-state index < -0.39 is 17.8 Å². The molecule has 0 spiro atoms. The Bertz CT molecular complexity index is 1510. The topological polar surface area (TPSA) is 85.4 Å². The lowest BCUT2D eigenvalue weighted by molar-refractivity contribution is -0.143. The molecule has 2 aliphatic rings. The van der Waals surface area contributed by atoms with Crippen LogP contribution in [0.3, 0.4) is 0 Å². The fraction of sp³-hybridized carbons (Fsp3) is 0.414. The number of nitrogens with zero attached hydrogens (tertiary/aromatic N) is 5. The first-order valence-electron chi connectivity index (χ1n) is 13.3. The highest BCUT2D eigenvalue weighted by Gasteiger charge is 2.44. The molecule has 2 aromatic carbocycles. The molecule has 1 saturated heterocycles. The molecular weight excluding hydrogens is 504 g/mol. The molecule has 1 N–H and O–H groups in total. The molecule has 1 aliphatic carbocycles. The molecule has 2 fully saturated rings. The number of benzene rings is 2. The van der Waals surface area contributed by atoms with Gasteiger partial charge in [-0.15, -0.1) is 0 Å². The van der Waals surface area contributed by atoms with Gasteiger partial charge in [0.05, 0.1) is 35.7 Å². The molecule has 0 amide bonds. The first-order valence-corrected chi connectivity index (χ1v) is 13.3. The highest BCUT2D eigenvalue weighted by molar-refractivity contribution is 5.79. The number of hydrogen-bond donors (Lipinski definition) is 1. The van der Waals surface area contributed by atoms with Crippen LogP contribution in [-0.4, -0.2) is 49.4 Å². The van der Waals surface area contributed by atoms with Crippen molar-refractivity contribution < 1.29 is 23.4 Å². The Hall–Kier alpha value is -3.95. The summed E-state index contributed by atoms with van der Waals surface area (Å²) >= 11 is 0. The largest absolute Gasteiger partial charge is 0.487 e. The van der Waals surface area contributed by atoms with E-state index in [9.17, 15) is 18.7 Å². The number of alkyl halides is 2. The Kier molecular flexibility index (Phi) is 6.48. The molecule has 0 radical (unpaired) electrons. The summed E-state index contributed by atoms with van der Waals surface area (Å²) in [5.74, 6) is -2.74. The number of carboxylic acid groups (broad SMARTS) is 1. The van der Waals surface area contributed by atoms with Crippen LogP contribution in [-0.2, 0) is 25.0 Å². The predicted octanol–water partition coefficient (Wildman–Crippen LogP) is 5.21. The Morgan fingerprint density at radius 1 is 1.13 bits per heavy atom. The zero-order chi connectivity index (χ0) is 27.1. The average Bonchev–Trinajstić information content (AvgIpc) is 3.49. The third kappa shape index (κ3) is 5.20. The fourth-order valence-corrected chi connectivity index (χ4v) is 5.82. The smallest absolute Gasteiger partial charge is 0.307 e. The van der Waals surface area contributed by atoms with Gasteiger partial charge in [0.25, 0.3) is 5.92 Å². The van der Waals surface area contributed by atoms with Crippen LogP contribution in [0.1, 0.15) is 48.7 Å². The standard InChI is InChI=1S/C29H31F2N5O3/c1-34-12-11-20(33-34)16-39-22-9-10-25-26(14-22)36(27(32-25)23-7-2-3-8-24(23)28(37)38)15-19-5-4-6-21(13-19)35-17-29(30,31)18-35/h4-6,9-14,23-24H,2-3,7-8,15-18H2,1H3,(H,37,38)/t23-,24+/m0/s1. The van der Waals surface area contributed by atoms with Gasteiger partial charge in [0.15, 0.2) is 0 Å². The highest BCUT2D eigenvalue weighted by atomic mass is 19.3. The summed E-state index contributed by atoms with van der Waals surface area (Å²) in [6.07, 6.45) is 5.09. The number of anilines is 1. The number of aromatic nitrogens is 4. The molecule has 8 nitrogen and oxygen atoms in total. The van der Waals surface area contributed by atoms with Crippen LogP contribution in [0.4, 0.5) is 14.5 Å². The van der Waals surface area contributed by atoms with Crippen LogP contribution in [0.25, 0.3) is 11.0 Å². The van der Waals surface area contributed by atoms with Crippen LogP contribution in [0, 0.1) is 5.92 Å². The molecule has 1 aliphatic heterocycles. The Morgan fingerprint density at radius 3 is 2.69 bits per heavy atom. The fourth-order valence-electron chi connectivity index (χ4n) is 5.82. The SMILES string of the molecule is Cn1ccc(COc2ccc3nc([C@H]4CCCC[C@H]4C(=O)O)n(Cc4cccc(N5CC(F)(F)C5)c4)c3c2)n1. The van der Waals surface area contributed by atoms with Gasteiger partial charge >= 0.3 is 5.97 Å². The zero-order valence-electron chi connectivity index (χ0n) is 21.8. The van der Waals surface area contributed by atoms with Crippen LogP contribution in [0.15, 0.2) is 54.7 Å². The van der Waals surface area contributed by atoms with Gasteiger partial charge in [-0.05, 0) is 48.7 Å². The van der Waals surface area contributed by atoms with E-state index in [1.165, 1.54) is 0 Å². The molecule has 2 aromatic heterocycles. The van der Waals surface area contributed by atoms with E-state index in [0.717, 1.165) is 53.1 Å². The highest BCUT2D eigenvalue weighted by Crippen LogP contribution is 2.40. The van der Waals surface area contributed by atoms with Crippen LogP contribution in [0.5, 0.6) is 5.75 Å². The minimum absolute atomic E-state index is 0.209. The maximum Gasteiger partial charge on any atom is 0.307 e. The lowest BCUT2D eigenvalue weighted by atomic mass is 9.78. The van der Waals surface area contributed by atoms with Crippen molar-refractivity contribution in [2.24, 2.45) is 13.0 Å². The van der Waals surface area contributed by atoms with E-state index in [2.05, 4.69) is 9.67 Å². The van der Waals surface area contributed by atoms with Crippen LogP contribution < -0.4 is 9.64 Å². The molecule has 39 heavy (non-hydrogen) atoms. The second-order valence-electron chi connectivity index (χ2n) is 10.7. The molecule has 204 valence electrons. The van der Waals surface area contributed by atoms with E-state index >= 15 is 0 Å². The number of ether oxygens (including phenoxy) is 1. The normalized spacial score (nSPS) is 20.6. The number of aryl methyl sites for hydroxylation is 1. The molecule has 3 heterocycles. The number of rotatable bonds is 8. The summed E-state index contributed by atoms with van der Waals surface area (Å²) in [6.45, 7) is 0.195. The maximum absolute atomic E-state index is 13.5. The van der Waals surface area contributed by atoms with Crippen LogP contribution in [0.2, 0.25) is 0 Å². The molecule has 0 unspecified atom stereocenters. The summed E-state index contributed by atoms with van der Waals surface area (Å²) < 4.78 is 36.9. The number of carboxylic acids is 1. The summed E-state index contributed by atoms with van der Waals surface area (Å²) in [5, 5.41) is 14.4. The van der Waals surface area contributed by atoms with Crippen molar-refractivity contribution in [1.29, 1.82) is 0 Å². The number of carbonyl (C=O) groups is 1. The molecular formula is C29H31F2N5O3. The van der Waals surface area contributed by atoms with Crippen molar-refractivity contribution in [3.63, 3.8) is 0 Å². The molecule has 6 rings (SSSR count). The quantitative estimate of drug-likeness (QED) is 0.333. The summed E-state index contributed by atoms with van der Waals surface area (Å²) in [6, 6.07) is 15.2. The van der Waals surface area contributed by atoms with Gasteiger partial charge in [0.2, 0.25) is 0 Å². The summed E-state index contributed by atoms with van der Waals surface area (Å²) in [5.41, 5.74) is 4.12. The Labute approximate surface area is 224 Å². The van der Waals surface area contributed by atoms with Gasteiger partial charge in [-0.3, -0.25) is 9.48 Å². The van der Waals surface area contributed by atoms with Crippen molar-refractivity contribution in [2.45, 2.75) is 50.7 Å². The van der Waals surface area contributed by atoms with Gasteiger partial charge in [0.1, 0.15) is 18.2 Å². The van der Waals surface area contributed by atoms with Gasteiger partial charge in [-0.2, -0.15) is 5.10 Å². The van der Waals surface area contributed by atoms with Gasteiger partial charge in [-0.1, -0.05) is 25.0 Å². The number of fused-ring (bicyclic) bond motifs is 1. The van der Waals surface area contributed by atoms with Gasteiger partial charge < -0.3 is 19.3 Å². The van der Waals surface area contributed by atoms with E-state index in [1.807, 2.05) is 61.8 Å². The maximum atomic E-state index is 13.5. The lowest BCUT2D eigenvalue weighted by Gasteiger charge is -2.40. The predicted molar refractivity (Wildman–Crippen MR) is 142 cm³/mol. The summed E-state index contributed by atoms with van der Waals surface area (Å²) in [7, 11) is 1.85. The molecule has 2 atom stereocenters. The van der Waals surface area contributed by atoms with Crippen molar-refractivity contribution >= 4 is 22.7 Å². The van der Waals surface area contributed by atoms with Crippen molar-refractivity contribution in [2.75, 3.05) is 18.0 Å². The van der Waals surface area contributed by atoms with Crippen LogP contribution >= 0.6 is 0 Å². The lowest BCUT2D eigenvalue weighted by Crippen LogP contribution is -2.56. The van der Waals surface area contributed by atoms with E-state index in [4.69, 9.17) is 9.72 Å². The van der Waals surface area contributed by atoms with Gasteiger partial charge in [0, 0.05) is 37.5 Å². The second-order valence-corrected chi connectivity index (χ2v) is 10.7. The van der Waals surface area contributed by atoms with Crippen molar-refractivity contribution in [1.82, 2.24) is 19.3 Å². The number of aliphatic carboxylic acids is 1. The molecule has 0 bridgehead atoms. The minimum Gasteiger partial charge on any atom is -0.487 e. The Balaban J connectivity index is 1.36. The second kappa shape index (κ2) is 9.98. The monoisotopic (exact) mass is 535 g/mol. The average molecular weight is 536 g/mol. The van der Waals surface area contributed by atoms with E-state index in [1.54, 1.807) is 9.58 Å². The minimum atomic E-state index is -2.65. The number of hydrogen-bond acceptors (Lipinski definition) is 5. The first-order chi connectivity index (χ1) is 18.8.